The second kappa shape index (κ2) is 7.82. The highest BCUT2D eigenvalue weighted by molar-refractivity contribution is 5.86. The van der Waals surface area contributed by atoms with Gasteiger partial charge in [0.25, 0.3) is 0 Å². The molecule has 0 unspecified atom stereocenters. The number of nitrogens with one attached hydrogen (secondary N) is 3. The molecule has 2 heterocycles. The summed E-state index contributed by atoms with van der Waals surface area (Å²) in [4.78, 5) is 23.1. The third kappa shape index (κ3) is 5.12. The second-order valence-electron chi connectivity index (χ2n) is 8.36. The van der Waals surface area contributed by atoms with Crippen molar-refractivity contribution in [3.63, 3.8) is 0 Å². The van der Waals surface area contributed by atoms with Gasteiger partial charge < -0.3 is 19.2 Å². The number of halogens is 3. The molecule has 1 atom stereocenters. The number of aromatic nitrogens is 2. The van der Waals surface area contributed by atoms with Crippen molar-refractivity contribution in [3.05, 3.63) is 34.6 Å². The Morgan fingerprint density at radius 3 is 2.61 bits per heavy atom. The molecule has 0 fully saturated rings. The van der Waals surface area contributed by atoms with Crippen LogP contribution in [-0.2, 0) is 10.2 Å². The van der Waals surface area contributed by atoms with Gasteiger partial charge in [0.1, 0.15) is 11.9 Å². The molecule has 1 aliphatic rings. The van der Waals surface area contributed by atoms with Crippen molar-refractivity contribution in [3.8, 4) is 5.75 Å². The Labute approximate surface area is 175 Å². The number of aromatic amines is 1. The van der Waals surface area contributed by atoms with Crippen molar-refractivity contribution in [1.82, 2.24) is 10.2 Å². The molecule has 170 valence electrons. The Balaban J connectivity index is 1.63. The number of fused-ring (bicyclic) bond motifs is 1. The largest absolute Gasteiger partial charge is 0.486 e. The van der Waals surface area contributed by atoms with Gasteiger partial charge in [-0.05, 0) is 38.5 Å². The molecule has 1 aromatic carbocycles. The standard InChI is InChI=1S/C19H23F3N4O5/c1-17(2,14-25-26-16(28)30-14)8-11-9-23-12-7-10(5-6-13(12)29-11)24-15(27)31-18(3,4)19(20,21)22/h5-7,11,23H,8-9H2,1-4H3,(H,24,27)(H,26,28)/t11-/m0/s1. The number of ether oxygens (including phenoxy) is 2. The number of nitrogens with zero attached hydrogens (tertiary/aromatic N) is 1. The fraction of sp³-hybridized carbons (Fsp3) is 0.526. The molecule has 12 heteroatoms. The average Bonchev–Trinajstić information content (AvgIpc) is 3.07. The van der Waals surface area contributed by atoms with Crippen molar-refractivity contribution in [1.29, 1.82) is 0 Å². The lowest BCUT2D eigenvalue weighted by atomic mass is 9.86. The second-order valence-corrected chi connectivity index (χ2v) is 8.36. The van der Waals surface area contributed by atoms with Gasteiger partial charge in [-0.15, -0.1) is 5.10 Å². The summed E-state index contributed by atoms with van der Waals surface area (Å²) in [6.07, 6.45) is -5.69. The number of amides is 1. The maximum absolute atomic E-state index is 12.9. The molecule has 3 N–H and O–H groups in total. The van der Waals surface area contributed by atoms with Crippen LogP contribution in [0.2, 0.25) is 0 Å². The summed E-state index contributed by atoms with van der Waals surface area (Å²) in [6, 6.07) is 4.61. The van der Waals surface area contributed by atoms with Crippen molar-refractivity contribution in [2.75, 3.05) is 17.2 Å². The van der Waals surface area contributed by atoms with Crippen LogP contribution in [0.25, 0.3) is 0 Å². The molecule has 0 spiro atoms. The van der Waals surface area contributed by atoms with E-state index in [0.717, 1.165) is 13.8 Å². The van der Waals surface area contributed by atoms with Gasteiger partial charge in [0.05, 0.1) is 12.2 Å². The average molecular weight is 444 g/mol. The topological polar surface area (TPSA) is 118 Å². The van der Waals surface area contributed by atoms with E-state index >= 15 is 0 Å². The minimum atomic E-state index is -4.70. The minimum absolute atomic E-state index is 0.245. The maximum atomic E-state index is 12.9. The van der Waals surface area contributed by atoms with Crippen molar-refractivity contribution >= 4 is 17.5 Å². The monoisotopic (exact) mass is 444 g/mol. The Kier molecular flexibility index (Phi) is 5.68. The zero-order valence-electron chi connectivity index (χ0n) is 17.3. The van der Waals surface area contributed by atoms with Gasteiger partial charge in [-0.1, -0.05) is 13.8 Å². The minimum Gasteiger partial charge on any atom is -0.486 e. The van der Waals surface area contributed by atoms with E-state index in [4.69, 9.17) is 9.15 Å². The fourth-order valence-electron chi connectivity index (χ4n) is 3.02. The first-order valence-corrected chi connectivity index (χ1v) is 9.44. The first kappa shape index (κ1) is 22.5. The number of alkyl halides is 3. The predicted molar refractivity (Wildman–Crippen MR) is 104 cm³/mol. The summed E-state index contributed by atoms with van der Waals surface area (Å²) in [5, 5.41) is 11.6. The summed E-state index contributed by atoms with van der Waals surface area (Å²) in [6.45, 7) is 5.69. The van der Waals surface area contributed by atoms with Gasteiger partial charge in [0.15, 0.2) is 0 Å². The van der Waals surface area contributed by atoms with Crippen LogP contribution in [-0.4, -0.2) is 40.7 Å². The number of rotatable bonds is 5. The molecular formula is C19H23F3N4O5. The van der Waals surface area contributed by atoms with Gasteiger partial charge in [-0.3, -0.25) is 5.32 Å². The van der Waals surface area contributed by atoms with Crippen LogP contribution in [0, 0.1) is 0 Å². The number of hydrogen-bond acceptors (Lipinski definition) is 7. The van der Waals surface area contributed by atoms with Crippen molar-refractivity contribution in [2.45, 2.75) is 57.4 Å². The lowest BCUT2D eigenvalue weighted by Gasteiger charge is -2.32. The molecule has 0 saturated carbocycles. The van der Waals surface area contributed by atoms with E-state index in [9.17, 15) is 22.8 Å². The molecule has 3 rings (SSSR count). The van der Waals surface area contributed by atoms with Gasteiger partial charge >= 0.3 is 18.0 Å². The van der Waals surface area contributed by atoms with E-state index in [0.29, 0.717) is 24.4 Å². The van der Waals surface area contributed by atoms with Crippen LogP contribution in [0.1, 0.15) is 40.0 Å². The number of benzene rings is 1. The Hall–Kier alpha value is -3.18. The van der Waals surface area contributed by atoms with Crippen LogP contribution in [0.3, 0.4) is 0 Å². The van der Waals surface area contributed by atoms with E-state index in [2.05, 4.69) is 25.6 Å². The van der Waals surface area contributed by atoms with Crippen LogP contribution >= 0.6 is 0 Å². The highest BCUT2D eigenvalue weighted by Crippen LogP contribution is 2.36. The predicted octanol–water partition coefficient (Wildman–Crippen LogP) is 3.79. The van der Waals surface area contributed by atoms with E-state index in [-0.39, 0.29) is 17.7 Å². The number of H-pyrrole nitrogens is 1. The summed E-state index contributed by atoms with van der Waals surface area (Å²) < 4.78 is 54.1. The number of carbonyl (C=O) groups excluding carboxylic acids is 1. The molecule has 0 radical (unpaired) electrons. The number of anilines is 2. The van der Waals surface area contributed by atoms with E-state index in [1.807, 2.05) is 13.8 Å². The van der Waals surface area contributed by atoms with Crippen LogP contribution < -0.4 is 21.1 Å². The molecule has 9 nitrogen and oxygen atoms in total. The Morgan fingerprint density at radius 1 is 1.29 bits per heavy atom. The molecular weight excluding hydrogens is 421 g/mol. The molecule has 1 aliphatic heterocycles. The summed E-state index contributed by atoms with van der Waals surface area (Å²) in [5.41, 5.74) is -2.39. The van der Waals surface area contributed by atoms with Crippen LogP contribution in [0.4, 0.5) is 29.3 Å². The molecule has 2 aromatic rings. The smallest absolute Gasteiger partial charge is 0.434 e. The van der Waals surface area contributed by atoms with E-state index < -0.39 is 29.0 Å². The molecule has 1 amide bonds. The zero-order valence-corrected chi connectivity index (χ0v) is 17.3. The van der Waals surface area contributed by atoms with Gasteiger partial charge in [0.2, 0.25) is 11.5 Å². The van der Waals surface area contributed by atoms with Gasteiger partial charge in [-0.25, -0.2) is 14.7 Å². The normalized spacial score (nSPS) is 16.7. The van der Waals surface area contributed by atoms with Gasteiger partial charge in [-0.2, -0.15) is 13.2 Å². The molecule has 1 aromatic heterocycles. The fourth-order valence-corrected chi connectivity index (χ4v) is 3.02. The third-order valence-electron chi connectivity index (χ3n) is 4.83. The quantitative estimate of drug-likeness (QED) is 0.642. The zero-order chi connectivity index (χ0) is 23.0. The Morgan fingerprint density at radius 2 is 2.00 bits per heavy atom. The first-order chi connectivity index (χ1) is 14.3. The van der Waals surface area contributed by atoms with E-state index in [1.54, 1.807) is 6.07 Å². The van der Waals surface area contributed by atoms with Crippen LogP contribution in [0.5, 0.6) is 5.75 Å². The SMILES string of the molecule is CC(C)(C[C@H]1CNc2cc(NC(=O)OC(C)(C)C(F)(F)F)ccc2O1)c1n[nH]c(=O)o1. The Bertz CT molecular complexity index is 1010. The summed E-state index contributed by atoms with van der Waals surface area (Å²) in [7, 11) is 0. The van der Waals surface area contributed by atoms with E-state index in [1.165, 1.54) is 12.1 Å². The lowest BCUT2D eigenvalue weighted by molar-refractivity contribution is -0.242. The highest BCUT2D eigenvalue weighted by Gasteiger charge is 2.51. The van der Waals surface area contributed by atoms with Crippen LogP contribution in [0.15, 0.2) is 27.4 Å². The molecule has 0 aliphatic carbocycles. The molecule has 0 saturated heterocycles. The van der Waals surface area contributed by atoms with Gasteiger partial charge in [0, 0.05) is 11.1 Å². The maximum Gasteiger partial charge on any atom is 0.434 e. The summed E-state index contributed by atoms with van der Waals surface area (Å²) in [5.74, 6) is 0.144. The van der Waals surface area contributed by atoms with Crippen molar-refractivity contribution in [2.24, 2.45) is 0 Å². The first-order valence-electron chi connectivity index (χ1n) is 9.44. The molecule has 31 heavy (non-hydrogen) atoms. The van der Waals surface area contributed by atoms with Crippen molar-refractivity contribution < 1.29 is 31.9 Å². The lowest BCUT2D eigenvalue weighted by Crippen LogP contribution is -2.44. The summed E-state index contributed by atoms with van der Waals surface area (Å²) >= 11 is 0. The molecule has 0 bridgehead atoms. The third-order valence-corrected chi connectivity index (χ3v) is 4.83. The number of carbonyl (C=O) groups is 1. The number of hydrogen-bond donors (Lipinski definition) is 3. The highest BCUT2D eigenvalue weighted by atomic mass is 19.4.